The lowest BCUT2D eigenvalue weighted by atomic mass is 10.2. The first-order chi connectivity index (χ1) is 20.6. The molecular weight excluding hydrogens is 597 g/mol. The molecule has 1 aromatic carbocycles. The average Bonchev–Trinajstić information content (AvgIpc) is 3.02. The minimum atomic E-state index is -0.688. The van der Waals surface area contributed by atoms with Gasteiger partial charge >= 0.3 is 6.03 Å². The van der Waals surface area contributed by atoms with E-state index in [-0.39, 0.29) is 28.2 Å². The lowest BCUT2D eigenvalue weighted by molar-refractivity contribution is -0.111. The second kappa shape index (κ2) is 15.8. The lowest BCUT2D eigenvalue weighted by Gasteiger charge is -2.29. The van der Waals surface area contributed by atoms with E-state index in [2.05, 4.69) is 44.0 Å². The zero-order valence-electron chi connectivity index (χ0n) is 24.4. The third-order valence-electron chi connectivity index (χ3n) is 6.25. The summed E-state index contributed by atoms with van der Waals surface area (Å²) in [5, 5.41) is 8.14. The molecule has 3 amide bonds. The number of urea groups is 1. The monoisotopic (exact) mass is 631 g/mol. The van der Waals surface area contributed by atoms with Gasteiger partial charge in [0.05, 0.1) is 49.9 Å². The van der Waals surface area contributed by atoms with Crippen molar-refractivity contribution in [1.82, 2.24) is 15.3 Å². The van der Waals surface area contributed by atoms with Crippen LogP contribution >= 0.6 is 23.2 Å². The van der Waals surface area contributed by atoms with Crippen LogP contribution in [0.15, 0.2) is 78.2 Å². The molecule has 1 saturated heterocycles. The first-order valence-corrected chi connectivity index (χ1v) is 14.0. The summed E-state index contributed by atoms with van der Waals surface area (Å²) in [6.07, 6.45) is 3.97. The van der Waals surface area contributed by atoms with Crippen molar-refractivity contribution in [3.63, 3.8) is 0 Å². The fraction of sp³-hybridized carbons (Fsp3) is 0.310. The minimum absolute atomic E-state index is 0.0737. The summed E-state index contributed by atoms with van der Waals surface area (Å²) in [7, 11) is 4.40. The Balaban J connectivity index is 1.85. The van der Waals surface area contributed by atoms with Crippen LogP contribution in [-0.4, -0.2) is 74.9 Å². The van der Waals surface area contributed by atoms with E-state index in [1.807, 2.05) is 18.2 Å². The van der Waals surface area contributed by atoms with E-state index in [9.17, 15) is 9.59 Å². The lowest BCUT2D eigenvalue weighted by Crippen LogP contribution is -2.39. The number of rotatable bonds is 12. The molecule has 12 nitrogen and oxygen atoms in total. The van der Waals surface area contributed by atoms with E-state index in [4.69, 9.17) is 37.4 Å². The second-order valence-corrected chi connectivity index (χ2v) is 10.2. The number of hydrogen-bond acceptors (Lipinski definition) is 9. The van der Waals surface area contributed by atoms with Crippen LogP contribution in [-0.2, 0) is 19.0 Å². The van der Waals surface area contributed by atoms with Gasteiger partial charge in [-0.05, 0) is 31.2 Å². The Morgan fingerprint density at radius 2 is 1.88 bits per heavy atom. The molecule has 1 aliphatic heterocycles. The van der Waals surface area contributed by atoms with Crippen LogP contribution in [0.2, 0.25) is 0 Å². The molecule has 43 heavy (non-hydrogen) atoms. The largest absolute Gasteiger partial charge is 0.497 e. The smallest absolute Gasteiger partial charge is 0.327 e. The van der Waals surface area contributed by atoms with Crippen LogP contribution in [0.4, 0.5) is 33.5 Å². The number of halogens is 2. The molecule has 230 valence electrons. The van der Waals surface area contributed by atoms with Gasteiger partial charge in [-0.3, -0.25) is 9.69 Å². The fourth-order valence-electron chi connectivity index (χ4n) is 3.87. The molecule has 0 saturated carbocycles. The molecule has 3 rings (SSSR count). The maximum absolute atomic E-state index is 13.2. The molecule has 0 radical (unpaired) electrons. The Morgan fingerprint density at radius 3 is 2.51 bits per heavy atom. The van der Waals surface area contributed by atoms with Crippen molar-refractivity contribution in [3.05, 3.63) is 78.2 Å². The van der Waals surface area contributed by atoms with E-state index >= 15 is 0 Å². The normalized spacial score (nSPS) is 14.6. The third-order valence-corrected chi connectivity index (χ3v) is 6.86. The highest BCUT2D eigenvalue weighted by molar-refractivity contribution is 6.33. The van der Waals surface area contributed by atoms with Gasteiger partial charge in [-0.2, -0.15) is 0 Å². The van der Waals surface area contributed by atoms with Crippen molar-refractivity contribution in [2.45, 2.75) is 12.3 Å². The molecule has 1 fully saturated rings. The summed E-state index contributed by atoms with van der Waals surface area (Å²) in [6, 6.07) is 6.65. The molecule has 1 aromatic heterocycles. The van der Waals surface area contributed by atoms with Gasteiger partial charge in [0.2, 0.25) is 5.91 Å². The predicted octanol–water partition coefficient (Wildman–Crippen LogP) is 5.10. The van der Waals surface area contributed by atoms with Crippen molar-refractivity contribution >= 4 is 63.8 Å². The number of hydrogen-bond donors (Lipinski definition) is 3. The predicted molar refractivity (Wildman–Crippen MR) is 170 cm³/mol. The zero-order chi connectivity index (χ0) is 31.5. The van der Waals surface area contributed by atoms with Gasteiger partial charge < -0.3 is 35.1 Å². The Morgan fingerprint density at radius 1 is 1.16 bits per heavy atom. The standard InChI is InChI=1S/C29H35Cl2N7O5/c1-7-26(39)35-22-15-20(38-10-12-43-13-11-38)8-9-21(22)34-24-16-25(33-17-32-24)37(4)29(40)36-28(19(3)30)27(31)23(42-6)14-18(2)41-5/h7-9,14-17,19H,1-2,10-13H2,3-6H3,(H,35,39)(H,36,40)(H,32,33,34)/b23-14+,28-27-. The van der Waals surface area contributed by atoms with E-state index in [1.54, 1.807) is 13.0 Å². The number of methoxy groups -OCH3 is 2. The Hall–Kier alpha value is -4.26. The molecule has 1 atom stereocenters. The van der Waals surface area contributed by atoms with Gasteiger partial charge in [0, 0.05) is 38.0 Å². The highest BCUT2D eigenvalue weighted by Gasteiger charge is 2.22. The molecule has 0 bridgehead atoms. The fourth-order valence-corrected chi connectivity index (χ4v) is 4.43. The number of nitrogens with one attached hydrogen (secondary N) is 3. The summed E-state index contributed by atoms with van der Waals surface area (Å²) < 4.78 is 15.8. The van der Waals surface area contributed by atoms with Gasteiger partial charge in [-0.1, -0.05) is 24.8 Å². The summed E-state index contributed by atoms with van der Waals surface area (Å²) in [5.74, 6) is 0.774. The number of allylic oxidation sites excluding steroid dienone is 3. The third kappa shape index (κ3) is 9.11. The molecule has 2 heterocycles. The molecule has 1 aliphatic rings. The molecular formula is C29H35Cl2N7O5. The van der Waals surface area contributed by atoms with Crippen molar-refractivity contribution in [2.24, 2.45) is 0 Å². The van der Waals surface area contributed by atoms with Gasteiger partial charge in [0.1, 0.15) is 34.5 Å². The Bertz CT molecular complexity index is 1410. The van der Waals surface area contributed by atoms with E-state index in [0.29, 0.717) is 36.2 Å². The van der Waals surface area contributed by atoms with Gasteiger partial charge in [-0.25, -0.2) is 14.8 Å². The number of carbonyl (C=O) groups excluding carboxylic acids is 2. The number of aromatic nitrogens is 2. The van der Waals surface area contributed by atoms with Crippen LogP contribution in [0.1, 0.15) is 6.92 Å². The summed E-state index contributed by atoms with van der Waals surface area (Å²) >= 11 is 12.9. The van der Waals surface area contributed by atoms with Gasteiger partial charge in [-0.15, -0.1) is 11.6 Å². The molecule has 0 spiro atoms. The van der Waals surface area contributed by atoms with Crippen molar-refractivity contribution < 1.29 is 23.8 Å². The van der Waals surface area contributed by atoms with Crippen LogP contribution < -0.4 is 25.8 Å². The topological polar surface area (TPSA) is 130 Å². The van der Waals surface area contributed by atoms with Crippen LogP contribution in [0.3, 0.4) is 0 Å². The second-order valence-electron chi connectivity index (χ2n) is 9.13. The number of anilines is 5. The Kier molecular flexibility index (Phi) is 12.2. The number of carbonyl (C=O) groups is 2. The van der Waals surface area contributed by atoms with Crippen LogP contribution in [0, 0.1) is 0 Å². The SMILES string of the molecule is C=CC(=O)Nc1cc(N2CCOCC2)ccc1Nc1cc(N(C)C(=O)N/C(=C(Cl)/C(=C\C(=C)OC)OC)C(C)Cl)ncn1. The first kappa shape index (κ1) is 33.2. The first-order valence-electron chi connectivity index (χ1n) is 13.1. The van der Waals surface area contributed by atoms with E-state index in [1.165, 1.54) is 44.6 Å². The zero-order valence-corrected chi connectivity index (χ0v) is 26.0. The number of ether oxygens (including phenoxy) is 3. The van der Waals surface area contributed by atoms with Gasteiger partial charge in [0.15, 0.2) is 0 Å². The summed E-state index contributed by atoms with van der Waals surface area (Å²) in [6.45, 7) is 11.6. The number of nitrogens with zero attached hydrogens (tertiary/aromatic N) is 4. The molecule has 14 heteroatoms. The quantitative estimate of drug-likeness (QED) is 0.127. The maximum atomic E-state index is 13.2. The van der Waals surface area contributed by atoms with Crippen LogP contribution in [0.5, 0.6) is 0 Å². The highest BCUT2D eigenvalue weighted by Crippen LogP contribution is 2.31. The number of benzene rings is 1. The molecule has 1 unspecified atom stereocenters. The van der Waals surface area contributed by atoms with Crippen molar-refractivity contribution in [2.75, 3.05) is 68.0 Å². The minimum Gasteiger partial charge on any atom is -0.497 e. The summed E-state index contributed by atoms with van der Waals surface area (Å²) in [5.41, 5.74) is 2.24. The van der Waals surface area contributed by atoms with Crippen molar-refractivity contribution in [3.8, 4) is 0 Å². The Labute approximate surface area is 261 Å². The summed E-state index contributed by atoms with van der Waals surface area (Å²) in [4.78, 5) is 37.4. The molecule has 3 N–H and O–H groups in total. The van der Waals surface area contributed by atoms with E-state index < -0.39 is 11.4 Å². The van der Waals surface area contributed by atoms with Gasteiger partial charge in [0.25, 0.3) is 0 Å². The number of alkyl halides is 1. The number of amides is 3. The number of morpholine rings is 1. The van der Waals surface area contributed by atoms with E-state index in [0.717, 1.165) is 18.8 Å². The highest BCUT2D eigenvalue weighted by atomic mass is 35.5. The average molecular weight is 633 g/mol. The maximum Gasteiger partial charge on any atom is 0.327 e. The van der Waals surface area contributed by atoms with Crippen molar-refractivity contribution in [1.29, 1.82) is 0 Å². The molecule has 2 aromatic rings. The molecule has 0 aliphatic carbocycles. The van der Waals surface area contributed by atoms with Crippen LogP contribution in [0.25, 0.3) is 0 Å².